The van der Waals surface area contributed by atoms with Gasteiger partial charge in [-0.05, 0) is 42.7 Å². The first-order chi connectivity index (χ1) is 12.2. The quantitative estimate of drug-likeness (QED) is 0.644. The van der Waals surface area contributed by atoms with Gasteiger partial charge in [-0.15, -0.1) is 0 Å². The Labute approximate surface area is 153 Å². The lowest BCUT2D eigenvalue weighted by molar-refractivity contribution is -0.116. The number of nitrogens with zero attached hydrogens (tertiary/aromatic N) is 2. The van der Waals surface area contributed by atoms with Crippen LogP contribution in [-0.2, 0) is 4.79 Å². The summed E-state index contributed by atoms with van der Waals surface area (Å²) in [6.45, 7) is 0. The molecule has 25 heavy (non-hydrogen) atoms. The van der Waals surface area contributed by atoms with Gasteiger partial charge in [-0.25, -0.2) is 4.98 Å². The fourth-order valence-corrected chi connectivity index (χ4v) is 4.19. The third-order valence-electron chi connectivity index (χ3n) is 5.03. The molecule has 1 N–H and O–H groups in total. The second-order valence-corrected chi connectivity index (χ2v) is 7.46. The number of imidazole rings is 1. The fourth-order valence-electron chi connectivity index (χ4n) is 3.93. The Kier molecular flexibility index (Phi) is 3.31. The van der Waals surface area contributed by atoms with Crippen molar-refractivity contribution >= 4 is 38.7 Å². The average molecular weight is 394 g/mol. The van der Waals surface area contributed by atoms with Gasteiger partial charge >= 0.3 is 0 Å². The van der Waals surface area contributed by atoms with Gasteiger partial charge in [0.1, 0.15) is 0 Å². The highest BCUT2D eigenvalue weighted by Crippen LogP contribution is 2.42. The first kappa shape index (κ1) is 14.9. The Balaban J connectivity index is 1.81. The van der Waals surface area contributed by atoms with E-state index in [1.807, 2.05) is 30.3 Å². The van der Waals surface area contributed by atoms with Crippen molar-refractivity contribution in [1.82, 2.24) is 9.55 Å². The largest absolute Gasteiger partial charge is 0.329 e. The molecule has 1 aliphatic heterocycles. The summed E-state index contributed by atoms with van der Waals surface area (Å²) in [5, 5.41) is 3.43. The summed E-state index contributed by atoms with van der Waals surface area (Å²) in [6, 6.07) is 16.2. The number of Topliss-reactive ketones (excluding diaryl/α,β-unsaturated/α-hetero) is 1. The number of benzene rings is 2. The smallest absolute Gasteiger partial charge is 0.209 e. The van der Waals surface area contributed by atoms with Crippen LogP contribution in [0.5, 0.6) is 0 Å². The van der Waals surface area contributed by atoms with Crippen molar-refractivity contribution in [2.75, 3.05) is 5.32 Å². The van der Waals surface area contributed by atoms with Crippen LogP contribution in [0.15, 0.2) is 64.3 Å². The van der Waals surface area contributed by atoms with E-state index in [-0.39, 0.29) is 11.8 Å². The molecule has 1 atom stereocenters. The second kappa shape index (κ2) is 5.56. The lowest BCUT2D eigenvalue weighted by atomic mass is 9.85. The third kappa shape index (κ3) is 2.26. The minimum absolute atomic E-state index is 0.125. The van der Waals surface area contributed by atoms with E-state index in [9.17, 15) is 4.79 Å². The zero-order valence-corrected chi connectivity index (χ0v) is 15.1. The number of hydrogen-bond acceptors (Lipinski definition) is 3. The van der Waals surface area contributed by atoms with Crippen molar-refractivity contribution in [2.45, 2.75) is 25.3 Å². The van der Waals surface area contributed by atoms with E-state index in [1.165, 1.54) is 0 Å². The Hall–Kier alpha value is -2.40. The summed E-state index contributed by atoms with van der Waals surface area (Å²) < 4.78 is 3.20. The van der Waals surface area contributed by atoms with E-state index in [0.29, 0.717) is 6.42 Å². The summed E-state index contributed by atoms with van der Waals surface area (Å²) in [4.78, 5) is 17.6. The van der Waals surface area contributed by atoms with Crippen molar-refractivity contribution in [3.8, 4) is 0 Å². The van der Waals surface area contributed by atoms with Crippen LogP contribution in [0.1, 0.15) is 30.9 Å². The van der Waals surface area contributed by atoms with Gasteiger partial charge in [-0.1, -0.05) is 40.2 Å². The molecule has 3 aromatic rings. The highest BCUT2D eigenvalue weighted by atomic mass is 79.9. The molecule has 0 spiro atoms. The van der Waals surface area contributed by atoms with Gasteiger partial charge in [0.2, 0.25) is 5.95 Å². The van der Waals surface area contributed by atoms with Crippen LogP contribution in [0.4, 0.5) is 5.95 Å². The summed E-state index contributed by atoms with van der Waals surface area (Å²) in [6.07, 6.45) is 2.42. The monoisotopic (exact) mass is 393 g/mol. The van der Waals surface area contributed by atoms with E-state index >= 15 is 0 Å². The van der Waals surface area contributed by atoms with Gasteiger partial charge in [0, 0.05) is 22.2 Å². The molecule has 2 heterocycles. The Morgan fingerprint density at radius 1 is 1.08 bits per heavy atom. The van der Waals surface area contributed by atoms with E-state index in [4.69, 9.17) is 4.98 Å². The van der Waals surface area contributed by atoms with Gasteiger partial charge < -0.3 is 5.32 Å². The number of anilines is 1. The molecule has 0 radical (unpaired) electrons. The molecule has 124 valence electrons. The van der Waals surface area contributed by atoms with E-state index in [2.05, 4.69) is 44.0 Å². The van der Waals surface area contributed by atoms with Crippen LogP contribution in [-0.4, -0.2) is 15.3 Å². The van der Waals surface area contributed by atoms with Gasteiger partial charge in [-0.2, -0.15) is 0 Å². The lowest BCUT2D eigenvalue weighted by Crippen LogP contribution is -2.30. The van der Waals surface area contributed by atoms with Gasteiger partial charge in [0.05, 0.1) is 17.1 Å². The fraction of sp³-hybridized carbons (Fsp3) is 0.200. The number of para-hydroxylation sites is 2. The maximum absolute atomic E-state index is 12.8. The number of nitrogens with one attached hydrogen (secondary N) is 1. The van der Waals surface area contributed by atoms with Crippen LogP contribution >= 0.6 is 15.9 Å². The molecule has 0 amide bonds. The third-order valence-corrected chi connectivity index (χ3v) is 5.56. The average Bonchev–Trinajstić information content (AvgIpc) is 2.99. The van der Waals surface area contributed by atoms with E-state index in [0.717, 1.165) is 51.1 Å². The van der Waals surface area contributed by atoms with E-state index in [1.54, 1.807) is 0 Å². The molecule has 5 rings (SSSR count). The topological polar surface area (TPSA) is 46.9 Å². The minimum Gasteiger partial charge on any atom is -0.329 e. The summed E-state index contributed by atoms with van der Waals surface area (Å²) >= 11 is 3.50. The van der Waals surface area contributed by atoms with Crippen LogP contribution < -0.4 is 5.32 Å². The molecule has 1 aromatic heterocycles. The molecule has 0 bridgehead atoms. The number of carbonyl (C=O) groups excluding carboxylic acids is 1. The highest BCUT2D eigenvalue weighted by Gasteiger charge is 2.36. The summed E-state index contributed by atoms with van der Waals surface area (Å²) in [5.74, 6) is 1.06. The van der Waals surface area contributed by atoms with Gasteiger partial charge in [0.25, 0.3) is 0 Å². The second-order valence-electron chi connectivity index (χ2n) is 6.54. The van der Waals surface area contributed by atoms with Crippen molar-refractivity contribution < 1.29 is 4.79 Å². The number of hydrogen-bond donors (Lipinski definition) is 1. The molecule has 2 aliphatic rings. The summed E-state index contributed by atoms with van der Waals surface area (Å²) in [7, 11) is 0. The normalized spacial score (nSPS) is 19.6. The van der Waals surface area contributed by atoms with Crippen molar-refractivity contribution in [2.24, 2.45) is 0 Å². The molecule has 0 saturated heterocycles. The maximum Gasteiger partial charge on any atom is 0.209 e. The van der Waals surface area contributed by atoms with Crippen molar-refractivity contribution in [3.05, 3.63) is 69.8 Å². The van der Waals surface area contributed by atoms with Crippen molar-refractivity contribution in [1.29, 1.82) is 0 Å². The SMILES string of the molecule is O=C1CCCC2=C1C(c1ccc(Br)cc1)n1c(nc3ccccc31)N2. The zero-order valence-electron chi connectivity index (χ0n) is 13.5. The Bertz CT molecular complexity index is 1030. The highest BCUT2D eigenvalue weighted by molar-refractivity contribution is 9.10. The number of fused-ring (bicyclic) bond motifs is 3. The summed E-state index contributed by atoms with van der Waals surface area (Å²) in [5.41, 5.74) is 5.02. The number of rotatable bonds is 1. The number of allylic oxidation sites excluding steroid dienone is 2. The Morgan fingerprint density at radius 2 is 1.88 bits per heavy atom. The molecule has 0 saturated carbocycles. The zero-order chi connectivity index (χ0) is 17.0. The number of carbonyl (C=O) groups is 1. The number of halogens is 1. The Morgan fingerprint density at radius 3 is 2.72 bits per heavy atom. The number of ketones is 1. The van der Waals surface area contributed by atoms with Gasteiger partial charge in [-0.3, -0.25) is 9.36 Å². The molecule has 0 fully saturated rings. The minimum atomic E-state index is -0.125. The van der Waals surface area contributed by atoms with Gasteiger partial charge in [0.15, 0.2) is 5.78 Å². The lowest BCUT2D eigenvalue weighted by Gasteiger charge is -2.33. The molecule has 2 aromatic carbocycles. The predicted octanol–water partition coefficient (Wildman–Crippen LogP) is 4.82. The molecule has 1 aliphatic carbocycles. The molecule has 1 unspecified atom stereocenters. The predicted molar refractivity (Wildman–Crippen MR) is 102 cm³/mol. The van der Waals surface area contributed by atoms with Crippen LogP contribution in [0.2, 0.25) is 0 Å². The molecular formula is C20H16BrN3O. The maximum atomic E-state index is 12.8. The van der Waals surface area contributed by atoms with Crippen LogP contribution in [0.25, 0.3) is 11.0 Å². The van der Waals surface area contributed by atoms with Crippen molar-refractivity contribution in [3.63, 3.8) is 0 Å². The molecular weight excluding hydrogens is 378 g/mol. The standard InChI is InChI=1S/C20H16BrN3O/c21-13-10-8-12(9-11-13)19-18-15(5-3-7-17(18)25)23-20-22-14-4-1-2-6-16(14)24(19)20/h1-2,4,6,8-11,19H,3,5,7H2,(H,22,23). The first-order valence-electron chi connectivity index (χ1n) is 8.48. The molecule has 4 nitrogen and oxygen atoms in total. The first-order valence-corrected chi connectivity index (χ1v) is 9.27. The van der Waals surface area contributed by atoms with Crippen LogP contribution in [0, 0.1) is 0 Å². The number of aromatic nitrogens is 2. The van der Waals surface area contributed by atoms with E-state index < -0.39 is 0 Å². The van der Waals surface area contributed by atoms with Crippen LogP contribution in [0.3, 0.4) is 0 Å². The molecule has 5 heteroatoms.